The molecule has 0 spiro atoms. The van der Waals surface area contributed by atoms with Gasteiger partial charge in [0.15, 0.2) is 6.10 Å². The molecule has 1 unspecified atom stereocenters. The fourth-order valence-corrected chi connectivity index (χ4v) is 4.10. The number of benzene rings is 3. The molecule has 186 valence electrons. The highest BCUT2D eigenvalue weighted by molar-refractivity contribution is 7.92. The largest absolute Gasteiger partial charge is 0.497 e. The Kier molecular flexibility index (Phi) is 7.90. The Morgan fingerprint density at radius 2 is 1.57 bits per heavy atom. The van der Waals surface area contributed by atoms with Crippen molar-refractivity contribution in [2.75, 3.05) is 17.1 Å². The topological polar surface area (TPSA) is 93.7 Å². The van der Waals surface area contributed by atoms with E-state index < -0.39 is 33.8 Å². The van der Waals surface area contributed by atoms with Crippen LogP contribution in [0.5, 0.6) is 11.5 Å². The van der Waals surface area contributed by atoms with Crippen molar-refractivity contribution in [3.8, 4) is 11.5 Å². The summed E-state index contributed by atoms with van der Waals surface area (Å²) in [7, 11) is -2.62. The van der Waals surface area contributed by atoms with Gasteiger partial charge in [0, 0.05) is 11.4 Å². The van der Waals surface area contributed by atoms with Crippen LogP contribution in [0, 0.1) is 0 Å². The van der Waals surface area contributed by atoms with Gasteiger partial charge in [-0.1, -0.05) is 13.0 Å². The van der Waals surface area contributed by atoms with Crippen molar-refractivity contribution in [2.24, 2.45) is 0 Å². The Morgan fingerprint density at radius 1 is 0.943 bits per heavy atom. The van der Waals surface area contributed by atoms with Crippen molar-refractivity contribution in [3.05, 3.63) is 78.4 Å². The van der Waals surface area contributed by atoms with E-state index in [4.69, 9.17) is 9.47 Å². The summed E-state index contributed by atoms with van der Waals surface area (Å²) < 4.78 is 76.8. The molecule has 3 rings (SSSR count). The van der Waals surface area contributed by atoms with Crippen molar-refractivity contribution in [1.29, 1.82) is 0 Å². The number of carbonyl (C=O) groups is 1. The smallest absolute Gasteiger partial charge is 0.416 e. The Hall–Kier alpha value is -3.73. The van der Waals surface area contributed by atoms with Gasteiger partial charge in [-0.3, -0.25) is 9.52 Å². The van der Waals surface area contributed by atoms with Gasteiger partial charge in [-0.15, -0.1) is 0 Å². The lowest BCUT2D eigenvalue weighted by molar-refractivity contribution is -0.137. The van der Waals surface area contributed by atoms with Crippen LogP contribution in [0.1, 0.15) is 18.9 Å². The van der Waals surface area contributed by atoms with Crippen LogP contribution >= 0.6 is 0 Å². The van der Waals surface area contributed by atoms with Gasteiger partial charge in [0.1, 0.15) is 11.5 Å². The number of hydrogen-bond acceptors (Lipinski definition) is 5. The summed E-state index contributed by atoms with van der Waals surface area (Å²) in [5, 5.41) is 2.66. The molecule has 0 aromatic heterocycles. The molecule has 0 bridgehead atoms. The van der Waals surface area contributed by atoms with Crippen LogP contribution in [0.4, 0.5) is 24.5 Å². The lowest BCUT2D eigenvalue weighted by Gasteiger charge is -2.17. The van der Waals surface area contributed by atoms with Crippen LogP contribution < -0.4 is 19.5 Å². The molecule has 11 heteroatoms. The maximum atomic E-state index is 12.9. The van der Waals surface area contributed by atoms with Gasteiger partial charge in [-0.25, -0.2) is 8.42 Å². The summed E-state index contributed by atoms with van der Waals surface area (Å²) in [6, 6.07) is 15.8. The first-order valence-corrected chi connectivity index (χ1v) is 11.9. The molecule has 0 saturated carbocycles. The van der Waals surface area contributed by atoms with E-state index in [1.165, 1.54) is 37.4 Å². The van der Waals surface area contributed by atoms with Gasteiger partial charge in [-0.05, 0) is 73.2 Å². The SMILES string of the molecule is CCC(Oc1ccc(OC)cc1)C(=O)Nc1ccc(S(=O)(=O)Nc2cccc(C(F)(F)F)c2)cc1. The van der Waals surface area contributed by atoms with Crippen LogP contribution in [0.2, 0.25) is 0 Å². The Morgan fingerprint density at radius 3 is 2.14 bits per heavy atom. The number of alkyl halides is 3. The summed E-state index contributed by atoms with van der Waals surface area (Å²) in [6.07, 6.45) is -5.02. The van der Waals surface area contributed by atoms with E-state index in [1.54, 1.807) is 31.2 Å². The standard InChI is InChI=1S/C24H23F3N2O5S/c1-3-22(34-20-11-9-19(33-2)10-12-20)23(30)28-17-7-13-21(14-8-17)35(31,32)29-18-6-4-5-16(15-18)24(25,26)27/h4-15,22,29H,3H2,1-2H3,(H,28,30). The molecule has 2 N–H and O–H groups in total. The fraction of sp³-hybridized carbons (Fsp3) is 0.208. The highest BCUT2D eigenvalue weighted by Crippen LogP contribution is 2.31. The predicted octanol–water partition coefficient (Wildman–Crippen LogP) is 5.31. The maximum Gasteiger partial charge on any atom is 0.416 e. The number of anilines is 2. The van der Waals surface area contributed by atoms with E-state index >= 15 is 0 Å². The quantitative estimate of drug-likeness (QED) is 0.409. The predicted molar refractivity (Wildman–Crippen MR) is 125 cm³/mol. The zero-order chi connectivity index (χ0) is 25.6. The monoisotopic (exact) mass is 508 g/mol. The average molecular weight is 509 g/mol. The summed E-state index contributed by atoms with van der Waals surface area (Å²) in [4.78, 5) is 12.4. The van der Waals surface area contributed by atoms with E-state index in [9.17, 15) is 26.4 Å². The van der Waals surface area contributed by atoms with Crippen molar-refractivity contribution >= 4 is 27.3 Å². The lowest BCUT2D eigenvalue weighted by Crippen LogP contribution is -2.32. The van der Waals surface area contributed by atoms with E-state index in [0.717, 1.165) is 12.1 Å². The fourth-order valence-electron chi connectivity index (χ4n) is 3.05. The van der Waals surface area contributed by atoms with Gasteiger partial charge < -0.3 is 14.8 Å². The van der Waals surface area contributed by atoms with Crippen LogP contribution in [0.3, 0.4) is 0 Å². The molecule has 35 heavy (non-hydrogen) atoms. The molecule has 0 aliphatic carbocycles. The minimum atomic E-state index is -4.60. The summed E-state index contributed by atoms with van der Waals surface area (Å²) >= 11 is 0. The number of nitrogens with one attached hydrogen (secondary N) is 2. The molecule has 0 fully saturated rings. The molecule has 0 aliphatic rings. The van der Waals surface area contributed by atoms with Crippen molar-refractivity contribution in [3.63, 3.8) is 0 Å². The first-order valence-electron chi connectivity index (χ1n) is 10.4. The molecule has 3 aromatic carbocycles. The Balaban J connectivity index is 1.66. The number of carbonyl (C=O) groups excluding carboxylic acids is 1. The third kappa shape index (κ3) is 6.89. The van der Waals surface area contributed by atoms with Crippen molar-refractivity contribution in [2.45, 2.75) is 30.5 Å². The zero-order valence-corrected chi connectivity index (χ0v) is 19.6. The third-order valence-electron chi connectivity index (χ3n) is 4.88. The maximum absolute atomic E-state index is 12.9. The molecule has 7 nitrogen and oxygen atoms in total. The normalized spacial score (nSPS) is 12.5. The van der Waals surface area contributed by atoms with E-state index in [0.29, 0.717) is 29.7 Å². The van der Waals surface area contributed by atoms with Gasteiger partial charge in [0.25, 0.3) is 15.9 Å². The van der Waals surface area contributed by atoms with Gasteiger partial charge >= 0.3 is 6.18 Å². The minimum absolute atomic E-state index is 0.186. The molecule has 1 atom stereocenters. The van der Waals surface area contributed by atoms with Crippen molar-refractivity contribution in [1.82, 2.24) is 0 Å². The van der Waals surface area contributed by atoms with Crippen LogP contribution in [0.15, 0.2) is 77.7 Å². The first-order chi connectivity index (χ1) is 16.5. The summed E-state index contributed by atoms with van der Waals surface area (Å²) in [5.41, 5.74) is -0.874. The summed E-state index contributed by atoms with van der Waals surface area (Å²) in [6.45, 7) is 1.78. The van der Waals surface area contributed by atoms with Crippen molar-refractivity contribution < 1.29 is 35.9 Å². The number of sulfonamides is 1. The molecule has 0 radical (unpaired) electrons. The number of amides is 1. The number of rotatable bonds is 9. The number of methoxy groups -OCH3 is 1. The van der Waals surface area contributed by atoms with Crippen LogP contribution in [-0.4, -0.2) is 27.5 Å². The second kappa shape index (κ2) is 10.7. The van der Waals surface area contributed by atoms with E-state index in [-0.39, 0.29) is 10.6 Å². The molecule has 0 saturated heterocycles. The number of ether oxygens (including phenoxy) is 2. The highest BCUT2D eigenvalue weighted by Gasteiger charge is 2.30. The average Bonchev–Trinajstić information content (AvgIpc) is 2.82. The number of halogens is 3. The van der Waals surface area contributed by atoms with Gasteiger partial charge in [0.2, 0.25) is 0 Å². The Labute approximate surface area is 200 Å². The highest BCUT2D eigenvalue weighted by atomic mass is 32.2. The molecule has 3 aromatic rings. The molecule has 1 amide bonds. The van der Waals surface area contributed by atoms with Crippen LogP contribution in [-0.2, 0) is 21.0 Å². The zero-order valence-electron chi connectivity index (χ0n) is 18.8. The second-order valence-electron chi connectivity index (χ2n) is 7.39. The third-order valence-corrected chi connectivity index (χ3v) is 6.27. The van der Waals surface area contributed by atoms with E-state index in [2.05, 4.69) is 10.0 Å². The Bertz CT molecular complexity index is 1260. The molecular weight excluding hydrogens is 485 g/mol. The van der Waals surface area contributed by atoms with Gasteiger partial charge in [0.05, 0.1) is 17.6 Å². The minimum Gasteiger partial charge on any atom is -0.497 e. The van der Waals surface area contributed by atoms with Crippen LogP contribution in [0.25, 0.3) is 0 Å². The second-order valence-corrected chi connectivity index (χ2v) is 9.07. The summed E-state index contributed by atoms with van der Waals surface area (Å²) in [5.74, 6) is 0.698. The number of hydrogen-bond donors (Lipinski definition) is 2. The lowest BCUT2D eigenvalue weighted by atomic mass is 10.2. The van der Waals surface area contributed by atoms with E-state index in [1.807, 2.05) is 0 Å². The van der Waals surface area contributed by atoms with Gasteiger partial charge in [-0.2, -0.15) is 13.2 Å². The first kappa shape index (κ1) is 25.9. The molecule has 0 heterocycles. The molecule has 0 aliphatic heterocycles. The molecular formula is C24H23F3N2O5S.